The Hall–Kier alpha value is -2.31. The van der Waals surface area contributed by atoms with E-state index in [0.717, 1.165) is 37.2 Å². The number of piperidine rings is 1. The van der Waals surface area contributed by atoms with Gasteiger partial charge in [-0.25, -0.2) is 8.42 Å². The first-order valence-corrected chi connectivity index (χ1v) is 10.4. The van der Waals surface area contributed by atoms with Crippen molar-refractivity contribution >= 4 is 21.3 Å². The lowest BCUT2D eigenvalue weighted by molar-refractivity contribution is 0.351. The first kappa shape index (κ1) is 17.1. The molecule has 6 heteroatoms. The lowest BCUT2D eigenvalue weighted by atomic mass is 9.84. The molecule has 0 bridgehead atoms. The molecule has 0 spiro atoms. The van der Waals surface area contributed by atoms with Gasteiger partial charge in [0.05, 0.1) is 4.90 Å². The number of anilines is 1. The van der Waals surface area contributed by atoms with Crippen molar-refractivity contribution in [3.05, 3.63) is 60.2 Å². The zero-order valence-corrected chi connectivity index (χ0v) is 15.3. The molecule has 1 fully saturated rings. The fraction of sp³-hybridized carbons (Fsp3) is 0.300. The smallest absolute Gasteiger partial charge is 0.261 e. The number of hydrogen-bond acceptors (Lipinski definition) is 4. The number of benzene rings is 2. The predicted molar refractivity (Wildman–Crippen MR) is 103 cm³/mol. The molecule has 0 saturated carbocycles. The molecule has 0 radical (unpaired) electrons. The number of nitrogens with one attached hydrogen (secondary N) is 2. The highest BCUT2D eigenvalue weighted by Crippen LogP contribution is 2.39. The minimum absolute atomic E-state index is 0.253. The van der Waals surface area contributed by atoms with E-state index in [2.05, 4.69) is 16.1 Å². The summed E-state index contributed by atoms with van der Waals surface area (Å²) in [5.74, 6) is 1.31. The lowest BCUT2D eigenvalue weighted by Crippen LogP contribution is -2.29. The van der Waals surface area contributed by atoms with Crippen LogP contribution < -0.4 is 14.8 Å². The maximum absolute atomic E-state index is 12.6. The molecule has 26 heavy (non-hydrogen) atoms. The molecule has 2 N–H and O–H groups in total. The summed E-state index contributed by atoms with van der Waals surface area (Å²) in [5, 5.41) is 3.39. The van der Waals surface area contributed by atoms with Crippen molar-refractivity contribution in [3.63, 3.8) is 0 Å². The van der Waals surface area contributed by atoms with Gasteiger partial charge in [0, 0.05) is 11.3 Å². The third kappa shape index (κ3) is 3.48. The second-order valence-electron chi connectivity index (χ2n) is 6.62. The van der Waals surface area contributed by atoms with Gasteiger partial charge in [0.2, 0.25) is 0 Å². The first-order chi connectivity index (χ1) is 12.6. The van der Waals surface area contributed by atoms with Gasteiger partial charge in [-0.15, -0.1) is 0 Å². The highest BCUT2D eigenvalue weighted by atomic mass is 32.2. The highest BCUT2D eigenvalue weighted by Gasteiger charge is 2.24. The number of sulfonamides is 1. The summed E-state index contributed by atoms with van der Waals surface area (Å²) in [6.45, 7) is 2.60. The highest BCUT2D eigenvalue weighted by molar-refractivity contribution is 7.92. The maximum atomic E-state index is 12.6. The van der Waals surface area contributed by atoms with Crippen LogP contribution in [-0.2, 0) is 10.0 Å². The summed E-state index contributed by atoms with van der Waals surface area (Å²) in [7, 11) is -3.60. The molecule has 0 unspecified atom stereocenters. The van der Waals surface area contributed by atoms with E-state index in [4.69, 9.17) is 4.74 Å². The lowest BCUT2D eigenvalue weighted by Gasteiger charge is -2.29. The Morgan fingerprint density at radius 2 is 1.81 bits per heavy atom. The van der Waals surface area contributed by atoms with E-state index in [1.165, 1.54) is 5.57 Å². The van der Waals surface area contributed by atoms with Crippen molar-refractivity contribution < 1.29 is 13.2 Å². The van der Waals surface area contributed by atoms with Crippen molar-refractivity contribution in [2.75, 3.05) is 24.4 Å². The second kappa shape index (κ2) is 7.13. The summed E-state index contributed by atoms with van der Waals surface area (Å²) in [5.41, 5.74) is 2.82. The van der Waals surface area contributed by atoms with Crippen molar-refractivity contribution in [3.8, 4) is 5.75 Å². The topological polar surface area (TPSA) is 67.4 Å². The van der Waals surface area contributed by atoms with E-state index < -0.39 is 10.0 Å². The molecular weight excluding hydrogens is 348 g/mol. The Balaban J connectivity index is 1.63. The fourth-order valence-electron chi connectivity index (χ4n) is 3.61. The number of fused-ring (bicyclic) bond motifs is 1. The van der Waals surface area contributed by atoms with Crippen LogP contribution in [0.15, 0.2) is 59.5 Å². The van der Waals surface area contributed by atoms with E-state index in [-0.39, 0.29) is 4.90 Å². The van der Waals surface area contributed by atoms with Crippen LogP contribution in [-0.4, -0.2) is 28.1 Å². The average molecular weight is 370 g/mol. The monoisotopic (exact) mass is 370 g/mol. The summed E-state index contributed by atoms with van der Waals surface area (Å²) in [4.78, 5) is 0.253. The Morgan fingerprint density at radius 1 is 1.04 bits per heavy atom. The standard InChI is InChI=1S/C20H22N2O3S/c23-26(24,17-4-2-1-3-5-17)22-16-6-7-20-19(14-16)18(10-13-25-20)15-8-11-21-12-9-15/h1-7,10,14-15,21-22H,8-9,11-13H2. The van der Waals surface area contributed by atoms with Crippen LogP contribution in [0.1, 0.15) is 18.4 Å². The zero-order chi connectivity index (χ0) is 18.0. The van der Waals surface area contributed by atoms with Crippen LogP contribution in [0, 0.1) is 5.92 Å². The summed E-state index contributed by atoms with van der Waals surface area (Å²) in [6.07, 6.45) is 4.31. The molecule has 4 rings (SSSR count). The second-order valence-corrected chi connectivity index (χ2v) is 8.31. The molecule has 1 saturated heterocycles. The van der Waals surface area contributed by atoms with Gasteiger partial charge in [-0.3, -0.25) is 4.72 Å². The van der Waals surface area contributed by atoms with Gasteiger partial charge in [0.1, 0.15) is 12.4 Å². The van der Waals surface area contributed by atoms with Crippen molar-refractivity contribution in [2.45, 2.75) is 17.7 Å². The van der Waals surface area contributed by atoms with Gasteiger partial charge in [-0.05, 0) is 73.8 Å². The molecule has 5 nitrogen and oxygen atoms in total. The molecule has 2 heterocycles. The average Bonchev–Trinajstić information content (AvgIpc) is 2.68. The van der Waals surface area contributed by atoms with Crippen LogP contribution in [0.3, 0.4) is 0 Å². The molecule has 0 aromatic heterocycles. The molecule has 136 valence electrons. The van der Waals surface area contributed by atoms with E-state index in [1.807, 2.05) is 12.1 Å². The van der Waals surface area contributed by atoms with Gasteiger partial charge in [0.15, 0.2) is 0 Å². The number of ether oxygens (including phenoxy) is 1. The molecule has 2 aliphatic heterocycles. The van der Waals surface area contributed by atoms with Crippen LogP contribution in [0.2, 0.25) is 0 Å². The fourth-order valence-corrected chi connectivity index (χ4v) is 4.68. The number of hydrogen-bond donors (Lipinski definition) is 2. The van der Waals surface area contributed by atoms with Gasteiger partial charge in [-0.2, -0.15) is 0 Å². The van der Waals surface area contributed by atoms with Crippen LogP contribution in [0.5, 0.6) is 5.75 Å². The molecule has 2 aliphatic rings. The SMILES string of the molecule is O=S(=O)(Nc1ccc2c(c1)C(C1CCNCC1)=CCO2)c1ccccc1. The van der Waals surface area contributed by atoms with Crippen molar-refractivity contribution in [1.82, 2.24) is 5.32 Å². The Bertz CT molecular complexity index is 917. The summed E-state index contributed by atoms with van der Waals surface area (Å²) >= 11 is 0. The first-order valence-electron chi connectivity index (χ1n) is 8.89. The van der Waals surface area contributed by atoms with E-state index in [9.17, 15) is 8.42 Å². The number of allylic oxidation sites excluding steroid dienone is 1. The molecule has 0 atom stereocenters. The molecular formula is C20H22N2O3S. The largest absolute Gasteiger partial charge is 0.489 e. The number of rotatable bonds is 4. The van der Waals surface area contributed by atoms with Gasteiger partial charge in [0.25, 0.3) is 10.0 Å². The Kier molecular flexibility index (Phi) is 4.70. The Morgan fingerprint density at radius 3 is 2.58 bits per heavy atom. The van der Waals surface area contributed by atoms with Crippen LogP contribution in [0.25, 0.3) is 5.57 Å². The maximum Gasteiger partial charge on any atom is 0.261 e. The quantitative estimate of drug-likeness (QED) is 0.867. The Labute approximate surface area is 154 Å². The van der Waals surface area contributed by atoms with Crippen molar-refractivity contribution in [2.24, 2.45) is 5.92 Å². The third-order valence-corrected chi connectivity index (χ3v) is 6.31. The summed E-state index contributed by atoms with van der Waals surface area (Å²) < 4.78 is 33.6. The van der Waals surface area contributed by atoms with E-state index >= 15 is 0 Å². The summed E-state index contributed by atoms with van der Waals surface area (Å²) in [6, 6.07) is 13.9. The van der Waals surface area contributed by atoms with Gasteiger partial charge < -0.3 is 10.1 Å². The van der Waals surface area contributed by atoms with Gasteiger partial charge in [-0.1, -0.05) is 18.2 Å². The van der Waals surface area contributed by atoms with Crippen LogP contribution in [0.4, 0.5) is 5.69 Å². The normalized spacial score (nSPS) is 17.8. The molecule has 0 amide bonds. The van der Waals surface area contributed by atoms with E-state index in [0.29, 0.717) is 18.2 Å². The molecule has 2 aromatic rings. The van der Waals surface area contributed by atoms with Gasteiger partial charge >= 0.3 is 0 Å². The predicted octanol–water partition coefficient (Wildman–Crippen LogP) is 3.26. The molecule has 0 aliphatic carbocycles. The minimum atomic E-state index is -3.60. The zero-order valence-electron chi connectivity index (χ0n) is 14.4. The van der Waals surface area contributed by atoms with E-state index in [1.54, 1.807) is 36.4 Å². The molecule has 2 aromatic carbocycles. The van der Waals surface area contributed by atoms with Crippen molar-refractivity contribution in [1.29, 1.82) is 0 Å². The van der Waals surface area contributed by atoms with Crippen LogP contribution >= 0.6 is 0 Å². The minimum Gasteiger partial charge on any atom is -0.489 e. The third-order valence-electron chi connectivity index (χ3n) is 4.92.